The van der Waals surface area contributed by atoms with Gasteiger partial charge in [0.2, 0.25) is 5.91 Å². The number of nitrogens with zero attached hydrogens (tertiary/aromatic N) is 1. The van der Waals surface area contributed by atoms with Gasteiger partial charge in [0.05, 0.1) is 18.5 Å². The van der Waals surface area contributed by atoms with Gasteiger partial charge in [-0.1, -0.05) is 42.0 Å². The molecule has 0 unspecified atom stereocenters. The second-order valence-electron chi connectivity index (χ2n) is 9.30. The number of nitrogens with one attached hydrogen (secondary N) is 1. The lowest BCUT2D eigenvalue weighted by atomic mass is 10.1. The second-order valence-corrected chi connectivity index (χ2v) is 9.30. The highest BCUT2D eigenvalue weighted by molar-refractivity contribution is 5.94. The zero-order chi connectivity index (χ0) is 26.9. The Kier molecular flexibility index (Phi) is 10.0. The van der Waals surface area contributed by atoms with Gasteiger partial charge in [-0.25, -0.2) is 19.3 Å². The number of hydrogen-bond acceptors (Lipinski definition) is 7. The average Bonchev–Trinajstić information content (AvgIpc) is 3.23. The van der Waals surface area contributed by atoms with E-state index in [2.05, 4.69) is 5.32 Å². The van der Waals surface area contributed by atoms with Crippen molar-refractivity contribution in [2.45, 2.75) is 53.2 Å². The minimum atomic E-state index is -0.588. The molecule has 1 heterocycles. The van der Waals surface area contributed by atoms with Gasteiger partial charge in [-0.15, -0.1) is 0 Å². The van der Waals surface area contributed by atoms with Gasteiger partial charge < -0.3 is 19.5 Å². The summed E-state index contributed by atoms with van der Waals surface area (Å²) in [5.41, 5.74) is 3.75. The van der Waals surface area contributed by atoms with E-state index in [-0.39, 0.29) is 43.2 Å². The Hall–Kier alpha value is -3.88. The quantitative estimate of drug-likeness (QED) is 0.483. The van der Waals surface area contributed by atoms with Crippen LogP contribution in [0.2, 0.25) is 0 Å². The van der Waals surface area contributed by atoms with E-state index in [0.29, 0.717) is 12.1 Å². The van der Waals surface area contributed by atoms with E-state index in [9.17, 15) is 19.2 Å². The molecule has 0 aromatic heterocycles. The highest BCUT2D eigenvalue weighted by Crippen LogP contribution is 2.14. The van der Waals surface area contributed by atoms with Crippen molar-refractivity contribution < 1.29 is 33.4 Å². The molecule has 3 rings (SSSR count). The molecule has 1 aliphatic rings. The summed E-state index contributed by atoms with van der Waals surface area (Å²) in [6.45, 7) is 10.0. The Bertz CT molecular complexity index is 1090. The molecule has 2 aromatic rings. The number of imide groups is 1. The van der Waals surface area contributed by atoms with Crippen molar-refractivity contribution >= 4 is 24.1 Å². The molecule has 1 N–H and O–H groups in total. The van der Waals surface area contributed by atoms with Gasteiger partial charge in [0.25, 0.3) is 0 Å². The topological polar surface area (TPSA) is 111 Å². The fraction of sp³-hybridized carbons (Fsp3) is 0.407. The van der Waals surface area contributed by atoms with Crippen LogP contribution in [0.15, 0.2) is 42.5 Å². The fourth-order valence-corrected chi connectivity index (χ4v) is 3.24. The number of amides is 3. The maximum Gasteiger partial charge on any atom is 0.416 e. The zero-order valence-electron chi connectivity index (χ0n) is 21.7. The molecule has 9 nitrogen and oxygen atoms in total. The first-order valence-corrected chi connectivity index (χ1v) is 11.6. The summed E-state index contributed by atoms with van der Waals surface area (Å²) >= 11 is 0. The number of cyclic esters (lactones) is 1. The normalized spacial score (nSPS) is 12.7. The first kappa shape index (κ1) is 28.4. The van der Waals surface area contributed by atoms with Crippen LogP contribution in [0.4, 0.5) is 9.59 Å². The molecule has 0 radical (unpaired) electrons. The Morgan fingerprint density at radius 3 is 2.17 bits per heavy atom. The second kappa shape index (κ2) is 12.7. The molecule has 0 atom stereocenters. The zero-order valence-corrected chi connectivity index (χ0v) is 21.7. The molecular formula is C27H34N2O7. The molecule has 1 saturated heterocycles. The molecule has 0 bridgehead atoms. The van der Waals surface area contributed by atoms with Gasteiger partial charge in [-0.05, 0) is 57.4 Å². The van der Waals surface area contributed by atoms with Gasteiger partial charge in [-0.2, -0.15) is 0 Å². The summed E-state index contributed by atoms with van der Waals surface area (Å²) < 4.78 is 15.0. The van der Waals surface area contributed by atoms with Gasteiger partial charge in [0, 0.05) is 7.05 Å². The summed E-state index contributed by atoms with van der Waals surface area (Å²) in [6.07, 6.45) is -0.852. The van der Waals surface area contributed by atoms with E-state index in [1.54, 1.807) is 30.3 Å². The molecule has 0 saturated carbocycles. The molecule has 9 heteroatoms. The standard InChI is InChI=1S/C21H21NO5.C6H13NO2/c1-14-3-8-18(15(2)11-14)20(24)27-13-17-6-4-16(5-7-17)12-19(23)22-9-10-26-21(22)25;1-6(2,3)9-5(8)7-4/h3-8,11H,9-10,12-13H2,1-2H3;1-4H3,(H,7,8). The third-order valence-electron chi connectivity index (χ3n) is 5.01. The minimum Gasteiger partial charge on any atom is -0.457 e. The number of carbonyl (C=O) groups excluding carboxylic acids is 4. The van der Waals surface area contributed by atoms with E-state index >= 15 is 0 Å². The van der Waals surface area contributed by atoms with Crippen LogP contribution in [-0.2, 0) is 32.0 Å². The van der Waals surface area contributed by atoms with E-state index in [1.165, 1.54) is 7.05 Å². The number of hydrogen-bond donors (Lipinski definition) is 1. The van der Waals surface area contributed by atoms with Gasteiger partial charge in [0.15, 0.2) is 0 Å². The lowest BCUT2D eigenvalue weighted by Crippen LogP contribution is -2.32. The number of carbonyl (C=O) groups is 4. The largest absolute Gasteiger partial charge is 0.457 e. The molecule has 1 aliphatic heterocycles. The van der Waals surface area contributed by atoms with Crippen molar-refractivity contribution in [2.24, 2.45) is 0 Å². The number of esters is 1. The molecule has 0 spiro atoms. The summed E-state index contributed by atoms with van der Waals surface area (Å²) in [5, 5.41) is 2.36. The number of ether oxygens (including phenoxy) is 3. The molecular weight excluding hydrogens is 464 g/mol. The molecule has 2 aromatic carbocycles. The average molecular weight is 499 g/mol. The summed E-state index contributed by atoms with van der Waals surface area (Å²) in [4.78, 5) is 47.3. The Labute approximate surface area is 211 Å². The first-order valence-electron chi connectivity index (χ1n) is 11.6. The lowest BCUT2D eigenvalue weighted by molar-refractivity contribution is -0.127. The van der Waals surface area contributed by atoms with Gasteiger partial charge in [0.1, 0.15) is 18.8 Å². The maximum atomic E-state index is 12.2. The third kappa shape index (κ3) is 9.05. The molecule has 0 aliphatic carbocycles. The third-order valence-corrected chi connectivity index (χ3v) is 5.01. The van der Waals surface area contributed by atoms with Crippen LogP contribution in [-0.4, -0.2) is 54.8 Å². The summed E-state index contributed by atoms with van der Waals surface area (Å²) in [6, 6.07) is 12.8. The molecule has 3 amide bonds. The van der Waals surface area contributed by atoms with Crippen LogP contribution >= 0.6 is 0 Å². The number of rotatable bonds is 5. The summed E-state index contributed by atoms with van der Waals surface area (Å²) in [7, 11) is 1.54. The Morgan fingerprint density at radius 1 is 1.03 bits per heavy atom. The molecule has 1 fully saturated rings. The van der Waals surface area contributed by atoms with Gasteiger partial charge >= 0.3 is 18.2 Å². The highest BCUT2D eigenvalue weighted by Gasteiger charge is 2.28. The predicted molar refractivity (Wildman–Crippen MR) is 134 cm³/mol. The highest BCUT2D eigenvalue weighted by atomic mass is 16.6. The van der Waals surface area contributed by atoms with Crippen molar-refractivity contribution in [3.8, 4) is 0 Å². The van der Waals surface area contributed by atoms with Crippen molar-refractivity contribution in [1.29, 1.82) is 0 Å². The number of benzene rings is 2. The smallest absolute Gasteiger partial charge is 0.416 e. The van der Waals surface area contributed by atoms with Crippen molar-refractivity contribution in [3.63, 3.8) is 0 Å². The van der Waals surface area contributed by atoms with E-state index in [4.69, 9.17) is 14.2 Å². The molecule has 36 heavy (non-hydrogen) atoms. The molecule has 194 valence electrons. The lowest BCUT2D eigenvalue weighted by Gasteiger charge is -2.18. The maximum absolute atomic E-state index is 12.2. The predicted octanol–water partition coefficient (Wildman–Crippen LogP) is 4.32. The minimum absolute atomic E-state index is 0.123. The van der Waals surface area contributed by atoms with Crippen LogP contribution < -0.4 is 5.32 Å². The fourth-order valence-electron chi connectivity index (χ4n) is 3.24. The first-order chi connectivity index (χ1) is 16.9. The number of aryl methyl sites for hydroxylation is 2. The van der Waals surface area contributed by atoms with Crippen LogP contribution in [0.25, 0.3) is 0 Å². The SMILES string of the molecule is CNC(=O)OC(C)(C)C.Cc1ccc(C(=O)OCc2ccc(CC(=O)N3CCOC3=O)cc2)c(C)c1. The van der Waals surface area contributed by atoms with E-state index in [0.717, 1.165) is 27.2 Å². The van der Waals surface area contributed by atoms with E-state index in [1.807, 2.05) is 46.8 Å². The number of alkyl carbamates (subject to hydrolysis) is 1. The summed E-state index contributed by atoms with van der Waals surface area (Å²) in [5.74, 6) is -0.647. The van der Waals surface area contributed by atoms with Crippen LogP contribution in [0.1, 0.15) is 53.4 Å². The van der Waals surface area contributed by atoms with Crippen molar-refractivity contribution in [3.05, 3.63) is 70.3 Å². The monoisotopic (exact) mass is 498 g/mol. The Morgan fingerprint density at radius 2 is 1.67 bits per heavy atom. The van der Waals surface area contributed by atoms with Crippen LogP contribution in [0.5, 0.6) is 0 Å². The van der Waals surface area contributed by atoms with Crippen molar-refractivity contribution in [2.75, 3.05) is 20.2 Å². The van der Waals surface area contributed by atoms with Crippen LogP contribution in [0, 0.1) is 13.8 Å². The van der Waals surface area contributed by atoms with Gasteiger partial charge in [-0.3, -0.25) is 4.79 Å². The van der Waals surface area contributed by atoms with Crippen molar-refractivity contribution in [1.82, 2.24) is 10.2 Å². The van der Waals surface area contributed by atoms with E-state index < -0.39 is 6.09 Å². The van der Waals surface area contributed by atoms with Crippen LogP contribution in [0.3, 0.4) is 0 Å². The Balaban J connectivity index is 0.000000434.